The number of carboxylic acids is 1. The number of benzene rings is 1. The zero-order valence-corrected chi connectivity index (χ0v) is 10.8. The Balaban J connectivity index is 2.52. The van der Waals surface area contributed by atoms with Crippen molar-refractivity contribution in [3.05, 3.63) is 29.8 Å². The minimum Gasteiger partial charge on any atom is -0.496 e. The molecule has 1 atom stereocenters. The summed E-state index contributed by atoms with van der Waals surface area (Å²) in [6.45, 7) is 1.23. The Labute approximate surface area is 110 Å². The molecule has 0 amide bonds. The molecule has 0 fully saturated rings. The Bertz CT molecular complexity index is 443. The normalized spacial score (nSPS) is 11.7. The van der Waals surface area contributed by atoms with Crippen LogP contribution >= 0.6 is 0 Å². The van der Waals surface area contributed by atoms with E-state index in [4.69, 9.17) is 14.6 Å². The topological polar surface area (TPSA) is 82.1 Å². The predicted molar refractivity (Wildman–Crippen MR) is 65.8 cm³/mol. The fourth-order valence-electron chi connectivity index (χ4n) is 1.49. The van der Waals surface area contributed by atoms with E-state index in [-0.39, 0.29) is 6.61 Å². The van der Waals surface area contributed by atoms with Gasteiger partial charge in [0, 0.05) is 6.92 Å². The first kappa shape index (κ1) is 15.0. The molecule has 0 aliphatic rings. The number of esters is 1. The lowest BCUT2D eigenvalue weighted by Gasteiger charge is -2.14. The molecule has 1 aromatic rings. The molecule has 0 saturated carbocycles. The number of aliphatic carboxylic acids is 1. The largest absolute Gasteiger partial charge is 0.496 e. The van der Waals surface area contributed by atoms with Gasteiger partial charge in [0.15, 0.2) is 0 Å². The van der Waals surface area contributed by atoms with Crippen LogP contribution in [0, 0.1) is 0 Å². The van der Waals surface area contributed by atoms with E-state index in [9.17, 15) is 9.59 Å². The number of hydrogen-bond donors (Lipinski definition) is 1. The van der Waals surface area contributed by atoms with Crippen LogP contribution in [0.3, 0.4) is 0 Å². The highest BCUT2D eigenvalue weighted by Gasteiger charge is 2.21. The monoisotopic (exact) mass is 268 g/mol. The zero-order valence-electron chi connectivity index (χ0n) is 10.8. The lowest BCUT2D eigenvalue weighted by molar-refractivity contribution is -0.195. The van der Waals surface area contributed by atoms with Crippen molar-refractivity contribution in [3.63, 3.8) is 0 Å². The van der Waals surface area contributed by atoms with Gasteiger partial charge < -0.3 is 19.3 Å². The molecule has 0 bridgehead atoms. The van der Waals surface area contributed by atoms with Gasteiger partial charge in [0.2, 0.25) is 0 Å². The van der Waals surface area contributed by atoms with Crippen LogP contribution in [0.25, 0.3) is 0 Å². The van der Waals surface area contributed by atoms with Crippen molar-refractivity contribution in [1.82, 2.24) is 0 Å². The third-order valence-electron chi connectivity index (χ3n) is 2.31. The minimum atomic E-state index is -1.58. The average Bonchev–Trinajstić information content (AvgIpc) is 2.37. The Kier molecular flexibility index (Phi) is 5.81. The Morgan fingerprint density at radius 2 is 2.00 bits per heavy atom. The third-order valence-corrected chi connectivity index (χ3v) is 2.31. The molecule has 0 heterocycles. The van der Waals surface area contributed by atoms with Crippen molar-refractivity contribution in [3.8, 4) is 5.75 Å². The molecule has 1 N–H and O–H groups in total. The van der Waals surface area contributed by atoms with Crippen LogP contribution in [0.2, 0.25) is 0 Å². The summed E-state index contributed by atoms with van der Waals surface area (Å²) in [6.07, 6.45) is -1.12. The van der Waals surface area contributed by atoms with Crippen LogP contribution < -0.4 is 4.74 Å². The van der Waals surface area contributed by atoms with E-state index in [2.05, 4.69) is 4.74 Å². The average molecular weight is 268 g/mol. The van der Waals surface area contributed by atoms with Gasteiger partial charge in [-0.15, -0.1) is 0 Å². The molecule has 6 heteroatoms. The summed E-state index contributed by atoms with van der Waals surface area (Å²) in [5, 5.41) is 8.79. The molecule has 6 nitrogen and oxygen atoms in total. The van der Waals surface area contributed by atoms with Gasteiger partial charge in [0.05, 0.1) is 13.7 Å². The summed E-state index contributed by atoms with van der Waals surface area (Å²) in [7, 11) is 1.55. The molecule has 19 heavy (non-hydrogen) atoms. The SMILES string of the molecule is COc1ccccc1CCOC(OC(C)=O)C(=O)O. The maximum Gasteiger partial charge on any atom is 0.374 e. The molecular weight excluding hydrogens is 252 g/mol. The Hall–Kier alpha value is -2.08. The number of carbonyl (C=O) groups excluding carboxylic acids is 1. The van der Waals surface area contributed by atoms with Crippen molar-refractivity contribution in [2.24, 2.45) is 0 Å². The second kappa shape index (κ2) is 7.38. The van der Waals surface area contributed by atoms with Gasteiger partial charge in [-0.05, 0) is 18.1 Å². The number of methoxy groups -OCH3 is 1. The lowest BCUT2D eigenvalue weighted by Crippen LogP contribution is -2.29. The molecule has 0 saturated heterocycles. The highest BCUT2D eigenvalue weighted by Crippen LogP contribution is 2.17. The van der Waals surface area contributed by atoms with Crippen LogP contribution in [0.5, 0.6) is 5.75 Å². The fourth-order valence-corrected chi connectivity index (χ4v) is 1.49. The van der Waals surface area contributed by atoms with Crippen molar-refractivity contribution < 1.29 is 28.9 Å². The van der Waals surface area contributed by atoms with E-state index in [1.54, 1.807) is 13.2 Å². The van der Waals surface area contributed by atoms with E-state index in [0.29, 0.717) is 12.2 Å². The Morgan fingerprint density at radius 3 is 2.58 bits per heavy atom. The summed E-state index contributed by atoms with van der Waals surface area (Å²) >= 11 is 0. The number of carboxylic acid groups (broad SMARTS) is 1. The number of ether oxygens (including phenoxy) is 3. The van der Waals surface area contributed by atoms with Gasteiger partial charge in [0.1, 0.15) is 5.75 Å². The molecule has 104 valence electrons. The lowest BCUT2D eigenvalue weighted by atomic mass is 10.1. The number of hydrogen-bond acceptors (Lipinski definition) is 5. The summed E-state index contributed by atoms with van der Waals surface area (Å²) in [5.41, 5.74) is 0.886. The summed E-state index contributed by atoms with van der Waals surface area (Å²) < 4.78 is 14.7. The van der Waals surface area contributed by atoms with Crippen LogP contribution in [-0.2, 0) is 25.5 Å². The van der Waals surface area contributed by atoms with Crippen LogP contribution in [0.15, 0.2) is 24.3 Å². The van der Waals surface area contributed by atoms with Gasteiger partial charge in [0.25, 0.3) is 0 Å². The molecule has 1 unspecified atom stereocenters. The fraction of sp³-hybridized carbons (Fsp3) is 0.385. The molecule has 0 radical (unpaired) electrons. The standard InChI is InChI=1S/C13H16O6/c1-9(14)19-13(12(15)16)18-8-7-10-5-3-4-6-11(10)17-2/h3-6,13H,7-8H2,1-2H3,(H,15,16). The van der Waals surface area contributed by atoms with Crippen molar-refractivity contribution in [2.45, 2.75) is 19.6 Å². The highest BCUT2D eigenvalue weighted by atomic mass is 16.7. The maximum absolute atomic E-state index is 10.8. The van der Waals surface area contributed by atoms with E-state index in [1.807, 2.05) is 18.2 Å². The smallest absolute Gasteiger partial charge is 0.374 e. The highest BCUT2D eigenvalue weighted by molar-refractivity contribution is 5.75. The molecule has 0 aliphatic carbocycles. The van der Waals surface area contributed by atoms with Crippen LogP contribution in [-0.4, -0.2) is 37.1 Å². The molecule has 1 rings (SSSR count). The Morgan fingerprint density at radius 1 is 1.32 bits per heavy atom. The molecule has 0 aromatic heterocycles. The van der Waals surface area contributed by atoms with E-state index < -0.39 is 18.2 Å². The minimum absolute atomic E-state index is 0.102. The van der Waals surface area contributed by atoms with Crippen LogP contribution in [0.4, 0.5) is 0 Å². The molecule has 1 aromatic carbocycles. The van der Waals surface area contributed by atoms with Crippen molar-refractivity contribution in [2.75, 3.05) is 13.7 Å². The van der Waals surface area contributed by atoms with Gasteiger partial charge in [-0.2, -0.15) is 0 Å². The third kappa shape index (κ3) is 4.97. The number of para-hydroxylation sites is 1. The van der Waals surface area contributed by atoms with E-state index in [1.165, 1.54) is 0 Å². The van der Waals surface area contributed by atoms with Gasteiger partial charge in [-0.1, -0.05) is 18.2 Å². The van der Waals surface area contributed by atoms with Gasteiger partial charge in [-0.25, -0.2) is 4.79 Å². The van der Waals surface area contributed by atoms with Gasteiger partial charge in [-0.3, -0.25) is 4.79 Å². The second-order valence-electron chi connectivity index (χ2n) is 3.71. The number of carbonyl (C=O) groups is 2. The first-order valence-electron chi connectivity index (χ1n) is 5.68. The van der Waals surface area contributed by atoms with E-state index in [0.717, 1.165) is 12.5 Å². The van der Waals surface area contributed by atoms with Crippen LogP contribution in [0.1, 0.15) is 12.5 Å². The summed E-state index contributed by atoms with van der Waals surface area (Å²) in [6, 6.07) is 7.33. The first-order valence-corrected chi connectivity index (χ1v) is 5.68. The van der Waals surface area contributed by atoms with Gasteiger partial charge >= 0.3 is 18.2 Å². The first-order chi connectivity index (χ1) is 9.04. The summed E-state index contributed by atoms with van der Waals surface area (Å²) in [5.74, 6) is -1.34. The molecule has 0 spiro atoms. The molecule has 0 aliphatic heterocycles. The van der Waals surface area contributed by atoms with E-state index >= 15 is 0 Å². The van der Waals surface area contributed by atoms with Crippen molar-refractivity contribution in [1.29, 1.82) is 0 Å². The van der Waals surface area contributed by atoms with Crippen molar-refractivity contribution >= 4 is 11.9 Å². The summed E-state index contributed by atoms with van der Waals surface area (Å²) in [4.78, 5) is 21.5. The second-order valence-corrected chi connectivity index (χ2v) is 3.71. The maximum atomic E-state index is 10.8. The quantitative estimate of drug-likeness (QED) is 0.591. The number of rotatable bonds is 7. The molecular formula is C13H16O6. The zero-order chi connectivity index (χ0) is 14.3. The predicted octanol–water partition coefficient (Wildman–Crippen LogP) is 1.23.